The molecule has 0 radical (unpaired) electrons. The number of halogens is 3. The average molecular weight is 557 g/mol. The summed E-state index contributed by atoms with van der Waals surface area (Å²) in [5.41, 5.74) is -0.427. The van der Waals surface area contributed by atoms with Crippen LogP contribution in [0.3, 0.4) is 0 Å². The first kappa shape index (κ1) is 28.5. The molecule has 2 heterocycles. The second-order valence-electron chi connectivity index (χ2n) is 10.6. The fraction of sp³-hybridized carbons (Fsp3) is 0.333. The smallest absolute Gasteiger partial charge is 0.418 e. The highest BCUT2D eigenvalue weighted by atomic mass is 28.3. The van der Waals surface area contributed by atoms with E-state index in [1.165, 1.54) is 26.4 Å². The standard InChI is InChI=1S/C27H31BF3N3O4Si/c1-36-19-12-17(13-20(15-19)37-2)24-21-8-9-33(16-38-10-11-39(3,4)5)25(21)26(35)34(32-24)23-14-18(28)6-7-22(23)27(29,30)31/h6-9,12-15H,10-11,16,28H2,1-5H3. The summed E-state index contributed by atoms with van der Waals surface area (Å²) in [6.45, 7) is 7.31. The number of benzene rings is 2. The number of alkyl halides is 3. The Balaban J connectivity index is 1.98. The zero-order chi connectivity index (χ0) is 28.5. The number of aromatic nitrogens is 3. The minimum atomic E-state index is -4.69. The Morgan fingerprint density at radius 3 is 2.26 bits per heavy atom. The predicted molar refractivity (Wildman–Crippen MR) is 151 cm³/mol. The minimum absolute atomic E-state index is 0.0774. The van der Waals surface area contributed by atoms with Crippen LogP contribution in [0.25, 0.3) is 27.8 Å². The quantitative estimate of drug-likeness (QED) is 0.225. The largest absolute Gasteiger partial charge is 0.497 e. The second kappa shape index (κ2) is 10.9. The molecule has 0 unspecified atom stereocenters. The lowest BCUT2D eigenvalue weighted by Gasteiger charge is -2.18. The van der Waals surface area contributed by atoms with Crippen LogP contribution in [0.2, 0.25) is 25.7 Å². The molecule has 2 aromatic carbocycles. The summed E-state index contributed by atoms with van der Waals surface area (Å²) in [5, 5.41) is 4.97. The number of rotatable bonds is 9. The molecule has 12 heteroatoms. The maximum atomic E-state index is 14.1. The molecule has 0 fully saturated rings. The van der Waals surface area contributed by atoms with E-state index in [2.05, 4.69) is 24.7 Å². The van der Waals surface area contributed by atoms with Crippen LogP contribution in [-0.2, 0) is 17.6 Å². The van der Waals surface area contributed by atoms with Crippen molar-refractivity contribution in [3.63, 3.8) is 0 Å². The van der Waals surface area contributed by atoms with Gasteiger partial charge < -0.3 is 18.8 Å². The second-order valence-corrected chi connectivity index (χ2v) is 16.2. The molecule has 0 saturated heterocycles. The molecular weight excluding hydrogens is 526 g/mol. The molecule has 39 heavy (non-hydrogen) atoms. The van der Waals surface area contributed by atoms with Crippen molar-refractivity contribution in [2.75, 3.05) is 20.8 Å². The topological polar surface area (TPSA) is 67.5 Å². The maximum Gasteiger partial charge on any atom is 0.418 e. The van der Waals surface area contributed by atoms with E-state index in [1.807, 2.05) is 0 Å². The highest BCUT2D eigenvalue weighted by Gasteiger charge is 2.35. The van der Waals surface area contributed by atoms with Gasteiger partial charge in [0.15, 0.2) is 0 Å². The summed E-state index contributed by atoms with van der Waals surface area (Å²) in [7, 11) is 3.32. The normalized spacial score (nSPS) is 12.2. The van der Waals surface area contributed by atoms with E-state index in [1.54, 1.807) is 42.9 Å². The van der Waals surface area contributed by atoms with E-state index in [4.69, 9.17) is 14.2 Å². The molecule has 0 spiro atoms. The summed E-state index contributed by atoms with van der Waals surface area (Å²) < 4.78 is 61.3. The van der Waals surface area contributed by atoms with Crippen molar-refractivity contribution >= 4 is 32.3 Å². The van der Waals surface area contributed by atoms with Gasteiger partial charge in [-0.1, -0.05) is 31.2 Å². The number of hydrogen-bond acceptors (Lipinski definition) is 5. The predicted octanol–water partition coefficient (Wildman–Crippen LogP) is 4.46. The van der Waals surface area contributed by atoms with Gasteiger partial charge >= 0.3 is 6.18 Å². The molecular formula is C27H31BF3N3O4Si. The van der Waals surface area contributed by atoms with Crippen molar-refractivity contribution in [1.82, 2.24) is 14.3 Å². The van der Waals surface area contributed by atoms with Crippen molar-refractivity contribution in [3.8, 4) is 28.4 Å². The first-order valence-electron chi connectivity index (χ1n) is 12.4. The summed E-state index contributed by atoms with van der Waals surface area (Å²) in [5.74, 6) is 0.940. The average Bonchev–Trinajstić information content (AvgIpc) is 3.29. The summed E-state index contributed by atoms with van der Waals surface area (Å²) >= 11 is 0. The van der Waals surface area contributed by atoms with Crippen LogP contribution in [0.4, 0.5) is 13.2 Å². The van der Waals surface area contributed by atoms with Crippen LogP contribution in [0.15, 0.2) is 53.5 Å². The molecule has 0 aliphatic heterocycles. The summed E-state index contributed by atoms with van der Waals surface area (Å²) in [6, 6.07) is 11.4. The minimum Gasteiger partial charge on any atom is -0.497 e. The lowest BCUT2D eigenvalue weighted by molar-refractivity contribution is -0.137. The number of ether oxygens (including phenoxy) is 3. The molecule has 0 aliphatic rings. The monoisotopic (exact) mass is 557 g/mol. The van der Waals surface area contributed by atoms with Crippen molar-refractivity contribution in [2.24, 2.45) is 0 Å². The molecule has 0 bridgehead atoms. The number of hydrogen-bond donors (Lipinski definition) is 0. The van der Waals surface area contributed by atoms with E-state index < -0.39 is 25.4 Å². The molecule has 7 nitrogen and oxygen atoms in total. The van der Waals surface area contributed by atoms with E-state index in [-0.39, 0.29) is 17.9 Å². The van der Waals surface area contributed by atoms with Gasteiger partial charge in [0.1, 0.15) is 37.3 Å². The van der Waals surface area contributed by atoms with Crippen LogP contribution in [0.5, 0.6) is 11.5 Å². The zero-order valence-corrected chi connectivity index (χ0v) is 23.8. The van der Waals surface area contributed by atoms with Gasteiger partial charge in [-0.2, -0.15) is 23.0 Å². The van der Waals surface area contributed by atoms with Gasteiger partial charge in [-0.3, -0.25) is 4.79 Å². The van der Waals surface area contributed by atoms with Gasteiger partial charge in [-0.15, -0.1) is 0 Å². The van der Waals surface area contributed by atoms with E-state index in [9.17, 15) is 18.0 Å². The molecule has 2 aromatic heterocycles. The van der Waals surface area contributed by atoms with Crippen LogP contribution in [-0.4, -0.2) is 51.1 Å². The van der Waals surface area contributed by atoms with Gasteiger partial charge in [0.05, 0.1) is 25.5 Å². The molecule has 4 rings (SSSR count). The van der Waals surface area contributed by atoms with Crippen LogP contribution in [0, 0.1) is 0 Å². The molecule has 4 aromatic rings. The van der Waals surface area contributed by atoms with Crippen molar-refractivity contribution in [3.05, 3.63) is 64.6 Å². The van der Waals surface area contributed by atoms with E-state index >= 15 is 0 Å². The lowest BCUT2D eigenvalue weighted by Crippen LogP contribution is -2.28. The van der Waals surface area contributed by atoms with Crippen LogP contribution >= 0.6 is 0 Å². The summed E-state index contributed by atoms with van der Waals surface area (Å²) in [6.07, 6.45) is -3.01. The Labute approximate surface area is 226 Å². The van der Waals surface area contributed by atoms with Gasteiger partial charge in [-0.05, 0) is 36.4 Å². The maximum absolute atomic E-state index is 14.1. The molecule has 206 valence electrons. The number of fused-ring (bicyclic) bond motifs is 1. The molecule has 0 amide bonds. The van der Waals surface area contributed by atoms with Crippen LogP contribution < -0.4 is 20.5 Å². The van der Waals surface area contributed by atoms with Crippen LogP contribution in [0.1, 0.15) is 5.56 Å². The Bertz CT molecular complexity index is 1540. The first-order valence-corrected chi connectivity index (χ1v) is 16.1. The molecule has 0 atom stereocenters. The first-order chi connectivity index (χ1) is 18.3. The lowest BCUT2D eigenvalue weighted by atomic mass is 9.94. The fourth-order valence-corrected chi connectivity index (χ4v) is 4.98. The van der Waals surface area contributed by atoms with Crippen molar-refractivity contribution in [2.45, 2.75) is 38.6 Å². The Kier molecular flexibility index (Phi) is 7.99. The van der Waals surface area contributed by atoms with Crippen molar-refractivity contribution < 1.29 is 27.4 Å². The van der Waals surface area contributed by atoms with Gasteiger partial charge in [0, 0.05) is 37.9 Å². The van der Waals surface area contributed by atoms with Crippen molar-refractivity contribution in [1.29, 1.82) is 0 Å². The third-order valence-corrected chi connectivity index (χ3v) is 8.06. The Morgan fingerprint density at radius 1 is 1.00 bits per heavy atom. The summed E-state index contributed by atoms with van der Waals surface area (Å²) in [4.78, 5) is 13.8. The van der Waals surface area contributed by atoms with E-state index in [0.29, 0.717) is 40.2 Å². The number of methoxy groups -OCH3 is 2. The number of nitrogens with zero attached hydrogens (tertiary/aromatic N) is 3. The Morgan fingerprint density at radius 2 is 1.67 bits per heavy atom. The van der Waals surface area contributed by atoms with E-state index in [0.717, 1.165) is 16.8 Å². The molecule has 0 aliphatic carbocycles. The van der Waals surface area contributed by atoms with Gasteiger partial charge in [0.2, 0.25) is 0 Å². The SMILES string of the molecule is Bc1ccc(C(F)(F)F)c(-n2nc(-c3cc(OC)cc(OC)c3)c3ccn(COCC[Si](C)(C)C)c3c2=O)c1. The van der Waals surface area contributed by atoms with Gasteiger partial charge in [0.25, 0.3) is 5.56 Å². The zero-order valence-electron chi connectivity index (χ0n) is 22.8. The van der Waals surface area contributed by atoms with Gasteiger partial charge in [-0.25, -0.2) is 0 Å². The Hall–Kier alpha value is -3.51. The third kappa shape index (κ3) is 6.22. The third-order valence-electron chi connectivity index (χ3n) is 6.35. The highest BCUT2D eigenvalue weighted by molar-refractivity contribution is 6.76. The molecule has 0 saturated carbocycles. The molecule has 0 N–H and O–H groups in total. The highest BCUT2D eigenvalue weighted by Crippen LogP contribution is 2.35. The fourth-order valence-electron chi connectivity index (χ4n) is 4.23.